The Morgan fingerprint density at radius 2 is 2.00 bits per heavy atom. The molecule has 1 aromatic rings. The van der Waals surface area contributed by atoms with Gasteiger partial charge in [-0.1, -0.05) is 0 Å². The minimum Gasteiger partial charge on any atom is -0.381 e. The number of rotatable bonds is 5. The van der Waals surface area contributed by atoms with Gasteiger partial charge in [-0.05, 0) is 38.5 Å². The summed E-state index contributed by atoms with van der Waals surface area (Å²) >= 11 is 0. The zero-order valence-corrected chi connectivity index (χ0v) is 14.9. The minimum absolute atomic E-state index is 0.180. The SMILES string of the molecule is COCc1ncc(C)n1CC1CCN(C(=O)C2CCOCC2)CC1. The van der Waals surface area contributed by atoms with Crippen molar-refractivity contribution < 1.29 is 14.3 Å². The van der Waals surface area contributed by atoms with Gasteiger partial charge in [0.05, 0.1) is 0 Å². The molecule has 0 spiro atoms. The fourth-order valence-corrected chi connectivity index (χ4v) is 3.80. The van der Waals surface area contributed by atoms with Crippen molar-refractivity contribution in [2.45, 2.75) is 45.8 Å². The van der Waals surface area contributed by atoms with Gasteiger partial charge >= 0.3 is 0 Å². The number of carbonyl (C=O) groups excluding carboxylic acids is 1. The topological polar surface area (TPSA) is 56.6 Å². The van der Waals surface area contributed by atoms with Crippen molar-refractivity contribution in [1.29, 1.82) is 0 Å². The summed E-state index contributed by atoms with van der Waals surface area (Å²) in [5.41, 5.74) is 1.18. The Hall–Kier alpha value is -1.40. The molecule has 0 aliphatic carbocycles. The molecule has 0 N–H and O–H groups in total. The van der Waals surface area contributed by atoms with Crippen LogP contribution in [0.25, 0.3) is 0 Å². The largest absolute Gasteiger partial charge is 0.381 e. The monoisotopic (exact) mass is 335 g/mol. The van der Waals surface area contributed by atoms with Crippen LogP contribution in [-0.4, -0.2) is 53.8 Å². The summed E-state index contributed by atoms with van der Waals surface area (Å²) in [5.74, 6) is 2.12. The molecule has 0 atom stereocenters. The van der Waals surface area contributed by atoms with Gasteiger partial charge in [0, 0.05) is 57.8 Å². The van der Waals surface area contributed by atoms with Gasteiger partial charge in [-0.15, -0.1) is 0 Å². The van der Waals surface area contributed by atoms with Crippen molar-refractivity contribution in [3.8, 4) is 0 Å². The number of nitrogens with zero attached hydrogens (tertiary/aromatic N) is 3. The first kappa shape index (κ1) is 17.4. The first-order chi connectivity index (χ1) is 11.7. The van der Waals surface area contributed by atoms with Crippen molar-refractivity contribution in [1.82, 2.24) is 14.5 Å². The first-order valence-electron chi connectivity index (χ1n) is 9.05. The van der Waals surface area contributed by atoms with Gasteiger partial charge in [-0.2, -0.15) is 0 Å². The fraction of sp³-hybridized carbons (Fsp3) is 0.778. The number of amides is 1. The first-order valence-corrected chi connectivity index (χ1v) is 9.05. The van der Waals surface area contributed by atoms with Crippen LogP contribution in [0, 0.1) is 18.8 Å². The summed E-state index contributed by atoms with van der Waals surface area (Å²) in [4.78, 5) is 19.1. The molecule has 3 heterocycles. The normalized spacial score (nSPS) is 20.5. The van der Waals surface area contributed by atoms with E-state index in [0.717, 1.165) is 64.4 Å². The van der Waals surface area contributed by atoms with Crippen molar-refractivity contribution in [2.75, 3.05) is 33.4 Å². The van der Waals surface area contributed by atoms with Gasteiger partial charge in [-0.3, -0.25) is 4.79 Å². The van der Waals surface area contributed by atoms with Crippen LogP contribution >= 0.6 is 0 Å². The van der Waals surface area contributed by atoms with Gasteiger partial charge < -0.3 is 18.9 Å². The molecule has 0 radical (unpaired) electrons. The number of aryl methyl sites for hydroxylation is 1. The predicted molar refractivity (Wildman–Crippen MR) is 90.5 cm³/mol. The number of aromatic nitrogens is 2. The Bertz CT molecular complexity index is 544. The third-order valence-electron chi connectivity index (χ3n) is 5.35. The van der Waals surface area contributed by atoms with E-state index < -0.39 is 0 Å². The highest BCUT2D eigenvalue weighted by atomic mass is 16.5. The highest BCUT2D eigenvalue weighted by molar-refractivity contribution is 5.79. The van der Waals surface area contributed by atoms with Crippen molar-refractivity contribution >= 4 is 5.91 Å². The molecule has 3 rings (SSSR count). The molecule has 134 valence electrons. The van der Waals surface area contributed by atoms with Crippen LogP contribution < -0.4 is 0 Å². The number of hydrogen-bond acceptors (Lipinski definition) is 4. The molecule has 2 fully saturated rings. The van der Waals surface area contributed by atoms with Crippen LogP contribution in [0.2, 0.25) is 0 Å². The Morgan fingerprint density at radius 3 is 2.67 bits per heavy atom. The lowest BCUT2D eigenvalue weighted by Crippen LogP contribution is -2.43. The quantitative estimate of drug-likeness (QED) is 0.826. The average Bonchev–Trinajstić information content (AvgIpc) is 2.96. The molecule has 24 heavy (non-hydrogen) atoms. The maximum atomic E-state index is 12.6. The lowest BCUT2D eigenvalue weighted by Gasteiger charge is -2.35. The van der Waals surface area contributed by atoms with E-state index in [2.05, 4.69) is 21.4 Å². The Morgan fingerprint density at radius 1 is 1.29 bits per heavy atom. The molecule has 2 aliphatic heterocycles. The summed E-state index contributed by atoms with van der Waals surface area (Å²) in [7, 11) is 1.70. The van der Waals surface area contributed by atoms with Crippen LogP contribution in [0.1, 0.15) is 37.2 Å². The predicted octanol–water partition coefficient (Wildman–Crippen LogP) is 2.00. The number of likely N-dealkylation sites (tertiary alicyclic amines) is 1. The van der Waals surface area contributed by atoms with Crippen molar-refractivity contribution in [3.05, 3.63) is 17.7 Å². The second-order valence-corrected chi connectivity index (χ2v) is 7.01. The zero-order valence-electron chi connectivity index (χ0n) is 14.9. The van der Waals surface area contributed by atoms with Crippen molar-refractivity contribution in [2.24, 2.45) is 11.8 Å². The molecule has 6 heteroatoms. The summed E-state index contributed by atoms with van der Waals surface area (Å²) in [5, 5.41) is 0. The summed E-state index contributed by atoms with van der Waals surface area (Å²) < 4.78 is 12.9. The third kappa shape index (κ3) is 3.98. The Kier molecular flexibility index (Phi) is 5.89. The Balaban J connectivity index is 1.52. The number of ether oxygens (including phenoxy) is 2. The average molecular weight is 335 g/mol. The lowest BCUT2D eigenvalue weighted by molar-refractivity contribution is -0.140. The summed E-state index contributed by atoms with van der Waals surface area (Å²) in [6.07, 6.45) is 5.82. The maximum absolute atomic E-state index is 12.6. The van der Waals surface area contributed by atoms with Crippen LogP contribution in [-0.2, 0) is 27.4 Å². The summed E-state index contributed by atoms with van der Waals surface area (Å²) in [6, 6.07) is 0. The minimum atomic E-state index is 0.180. The molecular weight excluding hydrogens is 306 g/mol. The second-order valence-electron chi connectivity index (χ2n) is 7.01. The number of piperidine rings is 1. The third-order valence-corrected chi connectivity index (χ3v) is 5.35. The van der Waals surface area contributed by atoms with E-state index in [-0.39, 0.29) is 5.92 Å². The highest BCUT2D eigenvalue weighted by Gasteiger charge is 2.29. The smallest absolute Gasteiger partial charge is 0.225 e. The van der Waals surface area contributed by atoms with E-state index in [1.54, 1.807) is 7.11 Å². The number of carbonyl (C=O) groups is 1. The van der Waals surface area contributed by atoms with Gasteiger partial charge in [0.15, 0.2) is 0 Å². The van der Waals surface area contributed by atoms with Gasteiger partial charge in [0.25, 0.3) is 0 Å². The molecule has 0 bridgehead atoms. The van der Waals surface area contributed by atoms with Crippen LogP contribution in [0.5, 0.6) is 0 Å². The molecule has 0 unspecified atom stereocenters. The molecule has 0 saturated carbocycles. The number of imidazole rings is 1. The maximum Gasteiger partial charge on any atom is 0.225 e. The molecule has 6 nitrogen and oxygen atoms in total. The van der Waals surface area contributed by atoms with E-state index >= 15 is 0 Å². The molecule has 2 aliphatic rings. The second kappa shape index (κ2) is 8.12. The fourth-order valence-electron chi connectivity index (χ4n) is 3.80. The van der Waals surface area contributed by atoms with E-state index in [0.29, 0.717) is 18.4 Å². The lowest BCUT2D eigenvalue weighted by atomic mass is 9.93. The molecule has 1 amide bonds. The van der Waals surface area contributed by atoms with E-state index in [1.807, 2.05) is 6.20 Å². The van der Waals surface area contributed by atoms with Gasteiger partial charge in [-0.25, -0.2) is 4.98 Å². The van der Waals surface area contributed by atoms with Crippen LogP contribution in [0.15, 0.2) is 6.20 Å². The highest BCUT2D eigenvalue weighted by Crippen LogP contribution is 2.24. The van der Waals surface area contributed by atoms with Crippen LogP contribution in [0.3, 0.4) is 0 Å². The van der Waals surface area contributed by atoms with E-state index in [1.165, 1.54) is 5.69 Å². The standard InChI is InChI=1S/C18H29N3O3/c1-14-11-19-17(13-23-2)21(14)12-15-3-7-20(8-4-15)18(22)16-5-9-24-10-6-16/h11,15-16H,3-10,12-13H2,1-2H3. The van der Waals surface area contributed by atoms with E-state index in [9.17, 15) is 4.79 Å². The van der Waals surface area contributed by atoms with Crippen molar-refractivity contribution in [3.63, 3.8) is 0 Å². The number of methoxy groups -OCH3 is 1. The molecule has 2 saturated heterocycles. The van der Waals surface area contributed by atoms with Gasteiger partial charge in [0.2, 0.25) is 5.91 Å². The molecule has 1 aromatic heterocycles. The van der Waals surface area contributed by atoms with E-state index in [4.69, 9.17) is 9.47 Å². The summed E-state index contributed by atoms with van der Waals surface area (Å²) in [6.45, 7) is 6.85. The van der Waals surface area contributed by atoms with Gasteiger partial charge in [0.1, 0.15) is 12.4 Å². The zero-order chi connectivity index (χ0) is 16.9. The Labute approximate surface area is 144 Å². The molecular formula is C18H29N3O3. The van der Waals surface area contributed by atoms with Crippen LogP contribution in [0.4, 0.5) is 0 Å². The molecule has 0 aromatic carbocycles. The number of hydrogen-bond donors (Lipinski definition) is 0.